The van der Waals surface area contributed by atoms with Gasteiger partial charge in [-0.15, -0.1) is 0 Å². The quantitative estimate of drug-likeness (QED) is 0.167. The van der Waals surface area contributed by atoms with E-state index < -0.39 is 0 Å². The molecule has 0 amide bonds. The molecule has 3 aromatic heterocycles. The molecule has 0 aliphatic carbocycles. The summed E-state index contributed by atoms with van der Waals surface area (Å²) in [4.78, 5) is 15.7. The van der Waals surface area contributed by atoms with E-state index in [1.807, 2.05) is 6.07 Å². The van der Waals surface area contributed by atoms with Gasteiger partial charge in [0.05, 0.1) is 22.1 Å². The highest BCUT2D eigenvalue weighted by atomic mass is 15.0. The average Bonchev–Trinajstić information content (AvgIpc) is 3.90. The molecule has 14 aromatic rings. The third kappa shape index (κ3) is 6.21. The van der Waals surface area contributed by atoms with Crippen LogP contribution in [0.4, 0.5) is 0 Å². The summed E-state index contributed by atoms with van der Waals surface area (Å²) in [5, 5.41) is 12.0. The summed E-state index contributed by atoms with van der Waals surface area (Å²) in [5.41, 5.74) is 11.7. The summed E-state index contributed by atoms with van der Waals surface area (Å²) in [6, 6.07) is 84.8. The van der Waals surface area contributed by atoms with E-state index in [0.29, 0.717) is 17.5 Å². The van der Waals surface area contributed by atoms with Crippen molar-refractivity contribution in [1.82, 2.24) is 24.1 Å². The minimum Gasteiger partial charge on any atom is -0.309 e. The van der Waals surface area contributed by atoms with Gasteiger partial charge in [0.15, 0.2) is 17.5 Å². The van der Waals surface area contributed by atoms with Crippen LogP contribution < -0.4 is 0 Å². The third-order valence-electron chi connectivity index (χ3n) is 13.6. The fraction of sp³-hybridized carbons (Fsp3) is 0. The standard InChI is InChI=1S/C63H39N5/c1-2-14-40(15-3-1)43-22-12-23-48(32-43)61-64-62(66-63(65-61)50-29-28-41-16-4-5-17-42(41)33-50)49-24-13-25-51(34-49)68-59-38-47-21-9-7-19-45(47)36-56(59)54-31-30-52(39-60(54)68)67-57-27-11-10-26-53(57)55-35-44-18-6-8-20-46(44)37-58(55)67/h1-39H. The normalized spacial score (nSPS) is 11.8. The van der Waals surface area contributed by atoms with Gasteiger partial charge in [-0.25, -0.2) is 15.0 Å². The van der Waals surface area contributed by atoms with Crippen molar-refractivity contribution in [2.75, 3.05) is 0 Å². The lowest BCUT2D eigenvalue weighted by Gasteiger charge is -2.13. The van der Waals surface area contributed by atoms with Crippen LogP contribution in [0.5, 0.6) is 0 Å². The molecular weight excluding hydrogens is 827 g/mol. The average molecular weight is 866 g/mol. The minimum atomic E-state index is 0.606. The highest BCUT2D eigenvalue weighted by Gasteiger charge is 2.20. The molecule has 316 valence electrons. The van der Waals surface area contributed by atoms with Gasteiger partial charge in [-0.3, -0.25) is 0 Å². The molecule has 68 heavy (non-hydrogen) atoms. The Labute approximate surface area is 391 Å². The van der Waals surface area contributed by atoms with E-state index in [2.05, 4.69) is 240 Å². The molecule has 0 aliphatic heterocycles. The maximum atomic E-state index is 5.28. The maximum absolute atomic E-state index is 5.28. The summed E-state index contributed by atoms with van der Waals surface area (Å²) >= 11 is 0. The lowest BCUT2D eigenvalue weighted by atomic mass is 10.0. The van der Waals surface area contributed by atoms with Crippen LogP contribution in [0.3, 0.4) is 0 Å². The van der Waals surface area contributed by atoms with Gasteiger partial charge >= 0.3 is 0 Å². The van der Waals surface area contributed by atoms with Crippen molar-refractivity contribution in [1.29, 1.82) is 0 Å². The van der Waals surface area contributed by atoms with Crippen LogP contribution in [-0.2, 0) is 0 Å². The fourth-order valence-corrected chi connectivity index (χ4v) is 10.4. The topological polar surface area (TPSA) is 48.5 Å². The summed E-state index contributed by atoms with van der Waals surface area (Å²) in [6.07, 6.45) is 0. The van der Waals surface area contributed by atoms with Gasteiger partial charge in [0.1, 0.15) is 0 Å². The van der Waals surface area contributed by atoms with Crippen LogP contribution in [-0.4, -0.2) is 24.1 Å². The molecule has 0 saturated carbocycles. The van der Waals surface area contributed by atoms with Crippen molar-refractivity contribution in [2.24, 2.45) is 0 Å². The number of benzene rings is 11. The molecule has 0 bridgehead atoms. The predicted octanol–water partition coefficient (Wildman–Crippen LogP) is 16.2. The summed E-state index contributed by atoms with van der Waals surface area (Å²) in [6.45, 7) is 0. The first-order valence-corrected chi connectivity index (χ1v) is 23.1. The zero-order valence-corrected chi connectivity index (χ0v) is 36.8. The Hall–Kier alpha value is -9.19. The lowest BCUT2D eigenvalue weighted by Crippen LogP contribution is -2.01. The molecule has 0 fully saturated rings. The third-order valence-corrected chi connectivity index (χ3v) is 13.6. The molecule has 5 nitrogen and oxygen atoms in total. The van der Waals surface area contributed by atoms with Gasteiger partial charge in [-0.05, 0) is 110 Å². The Morgan fingerprint density at radius 3 is 1.35 bits per heavy atom. The fourth-order valence-electron chi connectivity index (χ4n) is 10.4. The number of rotatable bonds is 6. The van der Waals surface area contributed by atoms with E-state index in [1.54, 1.807) is 0 Å². The number of nitrogens with zero attached hydrogens (tertiary/aromatic N) is 5. The first kappa shape index (κ1) is 38.1. The van der Waals surface area contributed by atoms with Gasteiger partial charge < -0.3 is 9.13 Å². The van der Waals surface area contributed by atoms with Crippen LogP contribution in [0.15, 0.2) is 237 Å². The number of hydrogen-bond acceptors (Lipinski definition) is 3. The molecule has 0 N–H and O–H groups in total. The van der Waals surface area contributed by atoms with Gasteiger partial charge in [0.2, 0.25) is 0 Å². The summed E-state index contributed by atoms with van der Waals surface area (Å²) in [5.74, 6) is 1.85. The molecule has 3 heterocycles. The van der Waals surface area contributed by atoms with Crippen molar-refractivity contribution in [3.8, 4) is 56.7 Å². The van der Waals surface area contributed by atoms with Gasteiger partial charge in [-0.1, -0.05) is 170 Å². The second-order valence-corrected chi connectivity index (χ2v) is 17.7. The molecular formula is C63H39N5. The van der Waals surface area contributed by atoms with Crippen LogP contribution in [0, 0.1) is 0 Å². The monoisotopic (exact) mass is 865 g/mol. The molecule has 0 radical (unpaired) electrons. The molecule has 0 atom stereocenters. The number of fused-ring (bicyclic) bond motifs is 9. The Balaban J connectivity index is 0.989. The zero-order chi connectivity index (χ0) is 44.7. The largest absolute Gasteiger partial charge is 0.309 e. The Bertz CT molecular complexity index is 4330. The highest BCUT2D eigenvalue weighted by Crippen LogP contribution is 2.40. The smallest absolute Gasteiger partial charge is 0.164 e. The molecule has 11 aromatic carbocycles. The predicted molar refractivity (Wildman–Crippen MR) is 283 cm³/mol. The summed E-state index contributed by atoms with van der Waals surface area (Å²) < 4.78 is 4.85. The first-order valence-electron chi connectivity index (χ1n) is 23.1. The van der Waals surface area contributed by atoms with Crippen LogP contribution >= 0.6 is 0 Å². The van der Waals surface area contributed by atoms with E-state index in [9.17, 15) is 0 Å². The first-order chi connectivity index (χ1) is 33.7. The molecule has 14 rings (SSSR count). The minimum absolute atomic E-state index is 0.606. The van der Waals surface area contributed by atoms with Crippen LogP contribution in [0.2, 0.25) is 0 Å². The summed E-state index contributed by atoms with van der Waals surface area (Å²) in [7, 11) is 0. The Morgan fingerprint density at radius 1 is 0.221 bits per heavy atom. The zero-order valence-electron chi connectivity index (χ0n) is 36.8. The maximum Gasteiger partial charge on any atom is 0.164 e. The van der Waals surface area contributed by atoms with Crippen LogP contribution in [0.25, 0.3) is 133 Å². The SMILES string of the molecule is c1ccc(-c2cccc(-c3nc(-c4cccc(-n5c6cc(-n7c8ccccc8c8cc9ccccc9cc87)ccc6c6cc7ccccc7cc65)c4)nc(-c4ccc5ccccc5c4)n3)c2)cc1. The van der Waals surface area contributed by atoms with Crippen molar-refractivity contribution in [3.63, 3.8) is 0 Å². The van der Waals surface area contributed by atoms with E-state index in [4.69, 9.17) is 15.0 Å². The van der Waals surface area contributed by atoms with E-state index in [-0.39, 0.29) is 0 Å². The van der Waals surface area contributed by atoms with E-state index >= 15 is 0 Å². The van der Waals surface area contributed by atoms with Gasteiger partial charge in [0, 0.05) is 49.6 Å². The molecule has 5 heteroatoms. The molecule has 0 spiro atoms. The number of aromatic nitrogens is 5. The van der Waals surface area contributed by atoms with Gasteiger partial charge in [-0.2, -0.15) is 0 Å². The van der Waals surface area contributed by atoms with E-state index in [1.165, 1.54) is 59.5 Å². The molecule has 0 aliphatic rings. The second-order valence-electron chi connectivity index (χ2n) is 17.7. The van der Waals surface area contributed by atoms with Crippen molar-refractivity contribution in [3.05, 3.63) is 237 Å². The second kappa shape index (κ2) is 15.2. The van der Waals surface area contributed by atoms with Crippen molar-refractivity contribution < 1.29 is 0 Å². The number of para-hydroxylation sites is 1. The van der Waals surface area contributed by atoms with Crippen molar-refractivity contribution in [2.45, 2.75) is 0 Å². The Morgan fingerprint density at radius 2 is 0.676 bits per heavy atom. The Kier molecular flexibility index (Phi) is 8.52. The van der Waals surface area contributed by atoms with Crippen molar-refractivity contribution >= 4 is 75.9 Å². The molecule has 0 unspecified atom stereocenters. The highest BCUT2D eigenvalue weighted by molar-refractivity contribution is 6.16. The lowest BCUT2D eigenvalue weighted by molar-refractivity contribution is 1.07. The number of hydrogen-bond donors (Lipinski definition) is 0. The van der Waals surface area contributed by atoms with Crippen LogP contribution in [0.1, 0.15) is 0 Å². The molecule has 0 saturated heterocycles. The van der Waals surface area contributed by atoms with E-state index in [0.717, 1.165) is 55.6 Å². The van der Waals surface area contributed by atoms with Gasteiger partial charge in [0.25, 0.3) is 0 Å².